The molecule has 20 heavy (non-hydrogen) atoms. The van der Waals surface area contributed by atoms with E-state index >= 15 is 0 Å². The first kappa shape index (κ1) is 16.9. The van der Waals surface area contributed by atoms with Crippen molar-refractivity contribution in [1.29, 1.82) is 0 Å². The van der Waals surface area contributed by atoms with Crippen molar-refractivity contribution in [1.82, 2.24) is 5.32 Å². The molecule has 1 aromatic rings. The molecule has 1 rings (SSSR count). The Labute approximate surface area is 127 Å². The molecular weight excluding hydrogens is 326 g/mol. The fraction of sp³-hybridized carbons (Fsp3) is 0.500. The number of halogens is 1. The molecule has 0 aromatic heterocycles. The van der Waals surface area contributed by atoms with E-state index in [-0.39, 0.29) is 25.2 Å². The van der Waals surface area contributed by atoms with Crippen molar-refractivity contribution in [2.75, 3.05) is 20.3 Å². The molecular formula is C14H20BrNO4. The lowest BCUT2D eigenvalue weighted by Gasteiger charge is -2.16. The predicted molar refractivity (Wildman–Crippen MR) is 79.8 cm³/mol. The number of methoxy groups -OCH3 is 1. The lowest BCUT2D eigenvalue weighted by atomic mass is 10.1. The molecule has 0 aliphatic heterocycles. The highest BCUT2D eigenvalue weighted by molar-refractivity contribution is 9.10. The molecule has 112 valence electrons. The molecule has 0 saturated carbocycles. The predicted octanol–water partition coefficient (Wildman–Crippen LogP) is 1.78. The number of aryl methyl sites for hydroxylation is 1. The van der Waals surface area contributed by atoms with Gasteiger partial charge in [-0.25, -0.2) is 0 Å². The first-order chi connectivity index (χ1) is 9.47. The maximum atomic E-state index is 11.7. The van der Waals surface area contributed by atoms with Crippen LogP contribution in [-0.4, -0.2) is 37.4 Å². The summed E-state index contributed by atoms with van der Waals surface area (Å²) in [5, 5.41) is 12.1. The number of nitrogens with one attached hydrogen (secondary N) is 1. The molecule has 0 aliphatic carbocycles. The van der Waals surface area contributed by atoms with Crippen molar-refractivity contribution < 1.29 is 19.4 Å². The zero-order valence-corrected chi connectivity index (χ0v) is 13.5. The monoisotopic (exact) mass is 345 g/mol. The normalized spacial score (nSPS) is 12.1. The third-order valence-corrected chi connectivity index (χ3v) is 3.12. The molecule has 0 aliphatic rings. The minimum Gasteiger partial charge on any atom is -0.483 e. The maximum Gasteiger partial charge on any atom is 0.258 e. The Morgan fingerprint density at radius 3 is 2.80 bits per heavy atom. The molecule has 0 spiro atoms. The SMILES string of the molecule is COCC(C)NC(=O)COc1c(C)cc(Br)cc1CO. The number of aliphatic hydroxyl groups is 1. The van der Waals surface area contributed by atoms with Gasteiger partial charge in [0, 0.05) is 23.2 Å². The van der Waals surface area contributed by atoms with Crippen molar-refractivity contribution in [3.63, 3.8) is 0 Å². The van der Waals surface area contributed by atoms with E-state index < -0.39 is 0 Å². The van der Waals surface area contributed by atoms with E-state index in [1.54, 1.807) is 13.2 Å². The molecule has 2 N–H and O–H groups in total. The van der Waals surface area contributed by atoms with E-state index in [1.807, 2.05) is 19.9 Å². The summed E-state index contributed by atoms with van der Waals surface area (Å²) in [5.41, 5.74) is 1.51. The van der Waals surface area contributed by atoms with Crippen LogP contribution in [0.5, 0.6) is 5.75 Å². The molecule has 1 amide bonds. The Hall–Kier alpha value is -1.11. The Morgan fingerprint density at radius 2 is 2.20 bits per heavy atom. The van der Waals surface area contributed by atoms with Crippen molar-refractivity contribution in [2.45, 2.75) is 26.5 Å². The zero-order chi connectivity index (χ0) is 15.1. The average Bonchev–Trinajstić information content (AvgIpc) is 2.36. The summed E-state index contributed by atoms with van der Waals surface area (Å²) < 4.78 is 11.3. The second-order valence-corrected chi connectivity index (χ2v) is 5.50. The van der Waals surface area contributed by atoms with Crippen LogP contribution in [0, 0.1) is 6.92 Å². The number of carbonyl (C=O) groups excluding carboxylic acids is 1. The number of rotatable bonds is 7. The van der Waals surface area contributed by atoms with Gasteiger partial charge in [-0.3, -0.25) is 4.79 Å². The van der Waals surface area contributed by atoms with Gasteiger partial charge in [0.1, 0.15) is 5.75 Å². The molecule has 0 radical (unpaired) electrons. The van der Waals surface area contributed by atoms with Crippen LogP contribution in [0.1, 0.15) is 18.1 Å². The summed E-state index contributed by atoms with van der Waals surface area (Å²) >= 11 is 3.36. The number of ether oxygens (including phenoxy) is 2. The molecule has 0 saturated heterocycles. The minimum atomic E-state index is -0.222. The van der Waals surface area contributed by atoms with Crippen LogP contribution < -0.4 is 10.1 Å². The summed E-state index contributed by atoms with van der Waals surface area (Å²) in [6.07, 6.45) is 0. The van der Waals surface area contributed by atoms with Gasteiger partial charge in [-0.1, -0.05) is 15.9 Å². The summed E-state index contributed by atoms with van der Waals surface area (Å²) in [6.45, 7) is 3.93. The summed E-state index contributed by atoms with van der Waals surface area (Å²) in [4.78, 5) is 11.7. The van der Waals surface area contributed by atoms with Crippen LogP contribution >= 0.6 is 15.9 Å². The molecule has 1 atom stereocenters. The number of aliphatic hydroxyl groups excluding tert-OH is 1. The highest BCUT2D eigenvalue weighted by Crippen LogP contribution is 2.28. The van der Waals surface area contributed by atoms with E-state index in [9.17, 15) is 9.90 Å². The van der Waals surface area contributed by atoms with Gasteiger partial charge in [0.2, 0.25) is 0 Å². The van der Waals surface area contributed by atoms with Crippen LogP contribution in [0.3, 0.4) is 0 Å². The van der Waals surface area contributed by atoms with Crippen LogP contribution in [-0.2, 0) is 16.1 Å². The number of hydrogen-bond acceptors (Lipinski definition) is 4. The second kappa shape index (κ2) is 8.24. The molecule has 6 heteroatoms. The van der Waals surface area contributed by atoms with Gasteiger partial charge in [0.05, 0.1) is 13.2 Å². The minimum absolute atomic E-state index is 0.0700. The Balaban J connectivity index is 2.63. The van der Waals surface area contributed by atoms with E-state index in [0.29, 0.717) is 17.9 Å². The van der Waals surface area contributed by atoms with Gasteiger partial charge >= 0.3 is 0 Å². The van der Waals surface area contributed by atoms with Crippen molar-refractivity contribution in [3.8, 4) is 5.75 Å². The standard InChI is InChI=1S/C14H20BrNO4/c1-9-4-12(15)5-11(6-17)14(9)20-8-13(18)16-10(2)7-19-3/h4-5,10,17H,6-8H2,1-3H3,(H,16,18). The van der Waals surface area contributed by atoms with Gasteiger partial charge < -0.3 is 19.9 Å². The highest BCUT2D eigenvalue weighted by atomic mass is 79.9. The van der Waals surface area contributed by atoms with Crippen LogP contribution in [0.15, 0.2) is 16.6 Å². The summed E-state index contributed by atoms with van der Waals surface area (Å²) in [6, 6.07) is 3.58. The van der Waals surface area contributed by atoms with Crippen LogP contribution in [0.2, 0.25) is 0 Å². The summed E-state index contributed by atoms with van der Waals surface area (Å²) in [7, 11) is 1.58. The zero-order valence-electron chi connectivity index (χ0n) is 11.9. The van der Waals surface area contributed by atoms with E-state index in [0.717, 1.165) is 10.0 Å². The lowest BCUT2D eigenvalue weighted by Crippen LogP contribution is -2.38. The molecule has 0 fully saturated rings. The number of hydrogen-bond donors (Lipinski definition) is 2. The molecule has 0 heterocycles. The van der Waals surface area contributed by atoms with Gasteiger partial charge in [-0.15, -0.1) is 0 Å². The molecule has 0 bridgehead atoms. The average molecular weight is 346 g/mol. The largest absolute Gasteiger partial charge is 0.483 e. The third kappa shape index (κ3) is 5.11. The van der Waals surface area contributed by atoms with Gasteiger partial charge in [0.15, 0.2) is 6.61 Å². The van der Waals surface area contributed by atoms with Gasteiger partial charge in [-0.05, 0) is 31.5 Å². The Morgan fingerprint density at radius 1 is 1.50 bits per heavy atom. The highest BCUT2D eigenvalue weighted by Gasteiger charge is 2.12. The van der Waals surface area contributed by atoms with Crippen molar-refractivity contribution in [3.05, 3.63) is 27.7 Å². The quantitative estimate of drug-likeness (QED) is 0.790. The fourth-order valence-corrected chi connectivity index (χ4v) is 2.49. The molecule has 1 unspecified atom stereocenters. The van der Waals surface area contributed by atoms with E-state index in [2.05, 4.69) is 21.2 Å². The van der Waals surface area contributed by atoms with Crippen molar-refractivity contribution in [2.24, 2.45) is 0 Å². The Bertz CT molecular complexity index is 465. The van der Waals surface area contributed by atoms with E-state index in [1.165, 1.54) is 0 Å². The maximum absolute atomic E-state index is 11.7. The fourth-order valence-electron chi connectivity index (χ4n) is 1.87. The number of benzene rings is 1. The van der Waals surface area contributed by atoms with Gasteiger partial charge in [-0.2, -0.15) is 0 Å². The van der Waals surface area contributed by atoms with Crippen LogP contribution in [0.25, 0.3) is 0 Å². The number of amides is 1. The molecule has 1 aromatic carbocycles. The van der Waals surface area contributed by atoms with Crippen LogP contribution in [0.4, 0.5) is 0 Å². The van der Waals surface area contributed by atoms with Crippen molar-refractivity contribution >= 4 is 21.8 Å². The van der Waals surface area contributed by atoms with Gasteiger partial charge in [0.25, 0.3) is 5.91 Å². The lowest BCUT2D eigenvalue weighted by molar-refractivity contribution is -0.124. The van der Waals surface area contributed by atoms with E-state index in [4.69, 9.17) is 9.47 Å². The topological polar surface area (TPSA) is 67.8 Å². The summed E-state index contributed by atoms with van der Waals surface area (Å²) in [5.74, 6) is 0.325. The smallest absolute Gasteiger partial charge is 0.258 e. The number of carbonyl (C=O) groups is 1. The first-order valence-corrected chi connectivity index (χ1v) is 7.08. The third-order valence-electron chi connectivity index (χ3n) is 2.66. The second-order valence-electron chi connectivity index (χ2n) is 4.58. The Kier molecular flexibility index (Phi) is 6.98. The first-order valence-electron chi connectivity index (χ1n) is 6.29. The molecule has 5 nitrogen and oxygen atoms in total.